The fourth-order valence-corrected chi connectivity index (χ4v) is 1.59. The molecular formula is C8H20Cl2N2O3. The summed E-state index contributed by atoms with van der Waals surface area (Å²) in [4.78, 5) is 1.93. The van der Waals surface area contributed by atoms with Gasteiger partial charge in [0, 0.05) is 26.2 Å². The zero-order chi connectivity index (χ0) is 9.73. The third kappa shape index (κ3) is 4.03. The minimum atomic E-state index is -0.845. The van der Waals surface area contributed by atoms with Crippen molar-refractivity contribution in [3.05, 3.63) is 0 Å². The summed E-state index contributed by atoms with van der Waals surface area (Å²) >= 11 is 0. The van der Waals surface area contributed by atoms with Gasteiger partial charge in [-0.15, -0.1) is 24.8 Å². The Bertz CT molecular complexity index is 145. The molecule has 0 spiro atoms. The van der Waals surface area contributed by atoms with Gasteiger partial charge in [-0.2, -0.15) is 0 Å². The van der Waals surface area contributed by atoms with Gasteiger partial charge in [-0.1, -0.05) is 0 Å². The molecule has 1 fully saturated rings. The maximum atomic E-state index is 9.15. The van der Waals surface area contributed by atoms with Gasteiger partial charge < -0.3 is 20.6 Å². The van der Waals surface area contributed by atoms with Crippen molar-refractivity contribution < 1.29 is 15.3 Å². The van der Waals surface area contributed by atoms with Crippen LogP contribution in [0.25, 0.3) is 0 Å². The second-order valence-corrected chi connectivity index (χ2v) is 3.44. The van der Waals surface area contributed by atoms with Gasteiger partial charge in [0.05, 0.1) is 25.4 Å². The third-order valence-corrected chi connectivity index (χ3v) is 2.67. The Labute approximate surface area is 102 Å². The fourth-order valence-electron chi connectivity index (χ4n) is 1.59. The van der Waals surface area contributed by atoms with Crippen molar-refractivity contribution in [1.82, 2.24) is 10.2 Å². The second-order valence-electron chi connectivity index (χ2n) is 3.44. The molecule has 1 saturated heterocycles. The molecule has 4 N–H and O–H groups in total. The molecule has 7 heteroatoms. The molecule has 0 amide bonds. The molecule has 0 aromatic heterocycles. The predicted octanol–water partition coefficient (Wildman–Crippen LogP) is -1.55. The van der Waals surface area contributed by atoms with E-state index in [9.17, 15) is 0 Å². The Morgan fingerprint density at radius 2 is 1.33 bits per heavy atom. The SMILES string of the molecule is Cl.Cl.OCC(CO)(CO)N1CCNCC1. The zero-order valence-electron chi connectivity index (χ0n) is 8.56. The molecule has 1 aliphatic rings. The van der Waals surface area contributed by atoms with E-state index in [4.69, 9.17) is 15.3 Å². The monoisotopic (exact) mass is 262 g/mol. The number of halogens is 2. The number of hydrogen-bond donors (Lipinski definition) is 4. The molecule has 0 saturated carbocycles. The lowest BCUT2D eigenvalue weighted by atomic mass is 10.00. The lowest BCUT2D eigenvalue weighted by molar-refractivity contribution is -0.0522. The molecule has 0 radical (unpaired) electrons. The molecule has 1 rings (SSSR count). The number of piperazine rings is 1. The highest BCUT2D eigenvalue weighted by atomic mass is 35.5. The maximum Gasteiger partial charge on any atom is 0.0907 e. The summed E-state index contributed by atoms with van der Waals surface area (Å²) < 4.78 is 0. The van der Waals surface area contributed by atoms with E-state index < -0.39 is 5.54 Å². The summed E-state index contributed by atoms with van der Waals surface area (Å²) in [6, 6.07) is 0. The summed E-state index contributed by atoms with van der Waals surface area (Å²) in [5, 5.41) is 30.6. The number of nitrogens with one attached hydrogen (secondary N) is 1. The molecule has 0 aromatic rings. The first-order valence-corrected chi connectivity index (χ1v) is 4.57. The molecule has 0 bridgehead atoms. The van der Waals surface area contributed by atoms with Crippen LogP contribution in [0.1, 0.15) is 0 Å². The van der Waals surface area contributed by atoms with Crippen molar-refractivity contribution in [3.63, 3.8) is 0 Å². The Morgan fingerprint density at radius 3 is 1.67 bits per heavy atom. The van der Waals surface area contributed by atoms with E-state index in [2.05, 4.69) is 5.32 Å². The fraction of sp³-hybridized carbons (Fsp3) is 1.00. The average Bonchev–Trinajstić information content (AvgIpc) is 2.23. The first kappa shape index (κ1) is 17.8. The third-order valence-electron chi connectivity index (χ3n) is 2.67. The average molecular weight is 263 g/mol. The highest BCUT2D eigenvalue weighted by Crippen LogP contribution is 2.14. The highest BCUT2D eigenvalue weighted by molar-refractivity contribution is 5.85. The van der Waals surface area contributed by atoms with Crippen LogP contribution in [0.3, 0.4) is 0 Å². The summed E-state index contributed by atoms with van der Waals surface area (Å²) in [6.45, 7) is 2.55. The standard InChI is InChI=1S/C8H18N2O3.2ClH/c11-5-8(6-12,7-13)10-3-1-9-2-4-10;;/h9,11-13H,1-7H2;2*1H. The van der Waals surface area contributed by atoms with Crippen LogP contribution in [0.5, 0.6) is 0 Å². The molecule has 5 nitrogen and oxygen atoms in total. The molecule has 0 atom stereocenters. The lowest BCUT2D eigenvalue weighted by Gasteiger charge is -2.42. The van der Waals surface area contributed by atoms with Gasteiger partial charge in [-0.05, 0) is 0 Å². The first-order chi connectivity index (χ1) is 6.29. The Kier molecular flexibility index (Phi) is 10.1. The summed E-state index contributed by atoms with van der Waals surface area (Å²) in [5.74, 6) is 0. The molecule has 0 aliphatic carbocycles. The van der Waals surface area contributed by atoms with Crippen LogP contribution < -0.4 is 5.32 Å². The van der Waals surface area contributed by atoms with Gasteiger partial charge in [0.25, 0.3) is 0 Å². The maximum absolute atomic E-state index is 9.15. The van der Waals surface area contributed by atoms with Crippen molar-refractivity contribution in [2.24, 2.45) is 0 Å². The lowest BCUT2D eigenvalue weighted by Crippen LogP contribution is -2.62. The summed E-state index contributed by atoms with van der Waals surface area (Å²) in [7, 11) is 0. The van der Waals surface area contributed by atoms with Crippen molar-refractivity contribution in [2.45, 2.75) is 5.54 Å². The Balaban J connectivity index is 0. The van der Waals surface area contributed by atoms with Crippen molar-refractivity contribution in [2.75, 3.05) is 46.0 Å². The number of hydrogen-bond acceptors (Lipinski definition) is 5. The van der Waals surface area contributed by atoms with Crippen LogP contribution in [0, 0.1) is 0 Å². The van der Waals surface area contributed by atoms with Crippen molar-refractivity contribution >= 4 is 24.8 Å². The van der Waals surface area contributed by atoms with E-state index in [0.29, 0.717) is 0 Å². The number of nitrogens with zero attached hydrogens (tertiary/aromatic N) is 1. The number of rotatable bonds is 4. The van der Waals surface area contributed by atoms with Gasteiger partial charge in [0.15, 0.2) is 0 Å². The van der Waals surface area contributed by atoms with Gasteiger partial charge >= 0.3 is 0 Å². The molecule has 15 heavy (non-hydrogen) atoms. The van der Waals surface area contributed by atoms with Gasteiger partial charge in [-0.3, -0.25) is 4.90 Å². The van der Waals surface area contributed by atoms with Crippen LogP contribution in [0.4, 0.5) is 0 Å². The number of aliphatic hydroxyl groups excluding tert-OH is 3. The van der Waals surface area contributed by atoms with E-state index in [0.717, 1.165) is 26.2 Å². The highest BCUT2D eigenvalue weighted by Gasteiger charge is 2.35. The first-order valence-electron chi connectivity index (χ1n) is 4.57. The van der Waals surface area contributed by atoms with Crippen molar-refractivity contribution in [3.8, 4) is 0 Å². The molecule has 1 aliphatic heterocycles. The van der Waals surface area contributed by atoms with Gasteiger partial charge in [-0.25, -0.2) is 0 Å². The smallest absolute Gasteiger partial charge is 0.0907 e. The summed E-state index contributed by atoms with van der Waals surface area (Å²) in [6.07, 6.45) is 0. The Morgan fingerprint density at radius 1 is 0.933 bits per heavy atom. The normalized spacial score (nSPS) is 17.8. The molecular weight excluding hydrogens is 243 g/mol. The van der Waals surface area contributed by atoms with E-state index in [-0.39, 0.29) is 44.6 Å². The van der Waals surface area contributed by atoms with E-state index in [1.807, 2.05) is 4.90 Å². The largest absolute Gasteiger partial charge is 0.394 e. The molecule has 0 unspecified atom stereocenters. The van der Waals surface area contributed by atoms with E-state index in [1.54, 1.807) is 0 Å². The molecule has 1 heterocycles. The van der Waals surface area contributed by atoms with E-state index in [1.165, 1.54) is 0 Å². The van der Waals surface area contributed by atoms with Crippen LogP contribution >= 0.6 is 24.8 Å². The predicted molar refractivity (Wildman–Crippen MR) is 62.9 cm³/mol. The minimum absolute atomic E-state index is 0. The summed E-state index contributed by atoms with van der Waals surface area (Å²) in [5.41, 5.74) is -0.845. The van der Waals surface area contributed by atoms with Crippen LogP contribution in [0.15, 0.2) is 0 Å². The topological polar surface area (TPSA) is 76.0 Å². The van der Waals surface area contributed by atoms with Gasteiger partial charge in [0.1, 0.15) is 0 Å². The second kappa shape index (κ2) is 8.52. The molecule has 0 aromatic carbocycles. The van der Waals surface area contributed by atoms with Crippen LogP contribution in [-0.2, 0) is 0 Å². The molecule has 94 valence electrons. The van der Waals surface area contributed by atoms with Gasteiger partial charge in [0.2, 0.25) is 0 Å². The minimum Gasteiger partial charge on any atom is -0.394 e. The van der Waals surface area contributed by atoms with E-state index >= 15 is 0 Å². The van der Waals surface area contributed by atoms with Crippen LogP contribution in [-0.4, -0.2) is 71.8 Å². The Hall–Kier alpha value is 0.380. The van der Waals surface area contributed by atoms with Crippen LogP contribution in [0.2, 0.25) is 0 Å². The number of aliphatic hydroxyl groups is 3. The quantitative estimate of drug-likeness (QED) is 0.494. The zero-order valence-corrected chi connectivity index (χ0v) is 10.2. The van der Waals surface area contributed by atoms with Crippen molar-refractivity contribution in [1.29, 1.82) is 0 Å².